The van der Waals surface area contributed by atoms with Crippen LogP contribution in [-0.2, 0) is 13.0 Å². The van der Waals surface area contributed by atoms with Gasteiger partial charge in [-0.05, 0) is 63.8 Å². The van der Waals surface area contributed by atoms with Crippen LogP contribution in [-0.4, -0.2) is 5.11 Å². The molecule has 0 radical (unpaired) electrons. The maximum atomic E-state index is 10.1. The Hall–Kier alpha value is -1.31. The first kappa shape index (κ1) is 18.0. The Bertz CT molecular complexity index is 635. The highest BCUT2D eigenvalue weighted by Crippen LogP contribution is 2.39. The second kappa shape index (κ2) is 7.51. The van der Waals surface area contributed by atoms with Gasteiger partial charge in [-0.15, -0.1) is 0 Å². The third-order valence-corrected chi connectivity index (χ3v) is 4.75. The second-order valence-electron chi connectivity index (χ2n) is 6.72. The van der Waals surface area contributed by atoms with Gasteiger partial charge in [0.05, 0.1) is 6.61 Å². The molecule has 2 aromatic rings. The molecule has 0 amide bonds. The van der Waals surface area contributed by atoms with E-state index in [-0.39, 0.29) is 6.61 Å². The zero-order chi connectivity index (χ0) is 17.1. The quantitative estimate of drug-likeness (QED) is 0.681. The van der Waals surface area contributed by atoms with Crippen LogP contribution in [0.15, 0.2) is 30.3 Å². The van der Waals surface area contributed by atoms with Gasteiger partial charge in [0, 0.05) is 5.02 Å². The third kappa shape index (κ3) is 3.62. The van der Waals surface area contributed by atoms with Gasteiger partial charge in [0.2, 0.25) is 0 Å². The molecule has 2 heteroatoms. The Kier molecular flexibility index (Phi) is 5.89. The lowest BCUT2D eigenvalue weighted by Crippen LogP contribution is -2.08. The summed E-state index contributed by atoms with van der Waals surface area (Å²) in [5.41, 5.74) is 7.37. The minimum atomic E-state index is 0.0663. The molecule has 0 unspecified atom stereocenters. The fraction of sp³-hybridized carbons (Fsp3) is 0.429. The van der Waals surface area contributed by atoms with Crippen molar-refractivity contribution in [1.29, 1.82) is 0 Å². The maximum Gasteiger partial charge on any atom is 0.0690 e. The highest BCUT2D eigenvalue weighted by atomic mass is 35.5. The predicted molar refractivity (Wildman–Crippen MR) is 100 cm³/mol. The minimum absolute atomic E-state index is 0.0663. The number of halogens is 1. The summed E-state index contributed by atoms with van der Waals surface area (Å²) >= 11 is 6.06. The van der Waals surface area contributed by atoms with Crippen LogP contribution in [0.2, 0.25) is 5.02 Å². The molecule has 2 rings (SSSR count). The summed E-state index contributed by atoms with van der Waals surface area (Å²) < 4.78 is 0. The number of rotatable bonds is 5. The van der Waals surface area contributed by atoms with Crippen LogP contribution in [0.5, 0.6) is 0 Å². The zero-order valence-electron chi connectivity index (χ0n) is 14.8. The monoisotopic (exact) mass is 330 g/mol. The van der Waals surface area contributed by atoms with Gasteiger partial charge in [-0.1, -0.05) is 64.4 Å². The third-order valence-electron chi connectivity index (χ3n) is 4.50. The van der Waals surface area contributed by atoms with Crippen molar-refractivity contribution in [2.45, 2.75) is 59.5 Å². The predicted octanol–water partition coefficient (Wildman–Crippen LogP) is 6.31. The first-order valence-electron chi connectivity index (χ1n) is 8.45. The topological polar surface area (TPSA) is 20.2 Å². The number of hydrogen-bond acceptors (Lipinski definition) is 1. The van der Waals surface area contributed by atoms with Crippen LogP contribution in [0, 0.1) is 0 Å². The molecule has 0 saturated carbocycles. The van der Waals surface area contributed by atoms with Crippen molar-refractivity contribution in [3.63, 3.8) is 0 Å². The molecular formula is C21H27ClO. The summed E-state index contributed by atoms with van der Waals surface area (Å²) in [7, 11) is 0. The van der Waals surface area contributed by atoms with Gasteiger partial charge in [0.1, 0.15) is 0 Å². The van der Waals surface area contributed by atoms with Gasteiger partial charge < -0.3 is 5.11 Å². The molecule has 0 aliphatic rings. The fourth-order valence-corrected chi connectivity index (χ4v) is 3.49. The molecule has 0 heterocycles. The maximum absolute atomic E-state index is 10.1. The summed E-state index contributed by atoms with van der Waals surface area (Å²) in [5, 5.41) is 10.8. The molecular weight excluding hydrogens is 304 g/mol. The van der Waals surface area contributed by atoms with E-state index in [4.69, 9.17) is 11.6 Å². The Morgan fingerprint density at radius 2 is 1.43 bits per heavy atom. The van der Waals surface area contributed by atoms with Gasteiger partial charge in [0.25, 0.3) is 0 Å². The van der Waals surface area contributed by atoms with E-state index >= 15 is 0 Å². The van der Waals surface area contributed by atoms with Gasteiger partial charge >= 0.3 is 0 Å². The Morgan fingerprint density at radius 3 is 1.87 bits per heavy atom. The van der Waals surface area contributed by atoms with Gasteiger partial charge in [0.15, 0.2) is 0 Å². The molecule has 124 valence electrons. The highest BCUT2D eigenvalue weighted by Gasteiger charge is 2.20. The van der Waals surface area contributed by atoms with Crippen molar-refractivity contribution < 1.29 is 5.11 Å². The molecule has 0 atom stereocenters. The largest absolute Gasteiger partial charge is 0.392 e. The number of aliphatic hydroxyl groups excluding tert-OH is 1. The molecule has 0 spiro atoms. The van der Waals surface area contributed by atoms with E-state index in [9.17, 15) is 5.11 Å². The molecule has 2 aromatic carbocycles. The van der Waals surface area contributed by atoms with Crippen LogP contribution in [0.1, 0.15) is 68.7 Å². The van der Waals surface area contributed by atoms with Crippen molar-refractivity contribution in [2.24, 2.45) is 0 Å². The Morgan fingerprint density at radius 1 is 0.913 bits per heavy atom. The van der Waals surface area contributed by atoms with E-state index in [1.54, 1.807) is 0 Å². The number of benzene rings is 2. The van der Waals surface area contributed by atoms with Crippen LogP contribution in [0.3, 0.4) is 0 Å². The Labute approximate surface area is 145 Å². The lowest BCUT2D eigenvalue weighted by Gasteiger charge is -2.24. The van der Waals surface area contributed by atoms with Crippen molar-refractivity contribution in [2.75, 3.05) is 0 Å². The zero-order valence-corrected chi connectivity index (χ0v) is 15.5. The van der Waals surface area contributed by atoms with Crippen molar-refractivity contribution in [3.05, 3.63) is 57.6 Å². The van der Waals surface area contributed by atoms with Gasteiger partial charge in [-0.25, -0.2) is 0 Å². The van der Waals surface area contributed by atoms with E-state index in [0.717, 1.165) is 22.6 Å². The lowest BCUT2D eigenvalue weighted by atomic mass is 9.81. The van der Waals surface area contributed by atoms with E-state index in [1.807, 2.05) is 12.1 Å². The summed E-state index contributed by atoms with van der Waals surface area (Å²) in [6.07, 6.45) is 0.955. The molecule has 1 nitrogen and oxygen atoms in total. The van der Waals surface area contributed by atoms with Crippen molar-refractivity contribution in [1.82, 2.24) is 0 Å². The standard InChI is InChI=1S/C21H27ClO/c1-6-17-18(13(2)3)11-19(14(4)5)20(12-23)21(17)15-7-9-16(22)10-8-15/h7-11,13-14,23H,6,12H2,1-5H3. The molecule has 0 saturated heterocycles. The summed E-state index contributed by atoms with van der Waals surface area (Å²) in [6, 6.07) is 10.3. The van der Waals surface area contributed by atoms with Crippen LogP contribution in [0.25, 0.3) is 11.1 Å². The minimum Gasteiger partial charge on any atom is -0.392 e. The van der Waals surface area contributed by atoms with E-state index in [2.05, 4.69) is 52.8 Å². The normalized spacial score (nSPS) is 11.5. The van der Waals surface area contributed by atoms with Crippen molar-refractivity contribution >= 4 is 11.6 Å². The summed E-state index contributed by atoms with van der Waals surface area (Å²) in [4.78, 5) is 0. The second-order valence-corrected chi connectivity index (χ2v) is 7.15. The molecule has 0 fully saturated rings. The van der Waals surface area contributed by atoms with E-state index in [0.29, 0.717) is 11.8 Å². The SMILES string of the molecule is CCc1c(C(C)C)cc(C(C)C)c(CO)c1-c1ccc(Cl)cc1. The summed E-state index contributed by atoms with van der Waals surface area (Å²) in [6.45, 7) is 11.1. The van der Waals surface area contributed by atoms with Gasteiger partial charge in [-0.3, -0.25) is 0 Å². The fourth-order valence-electron chi connectivity index (χ4n) is 3.36. The molecule has 23 heavy (non-hydrogen) atoms. The molecule has 1 N–H and O–H groups in total. The van der Waals surface area contributed by atoms with E-state index in [1.165, 1.54) is 22.3 Å². The molecule has 0 aliphatic carbocycles. The number of hydrogen-bond donors (Lipinski definition) is 1. The highest BCUT2D eigenvalue weighted by molar-refractivity contribution is 6.30. The van der Waals surface area contributed by atoms with Crippen molar-refractivity contribution in [3.8, 4) is 11.1 Å². The first-order valence-corrected chi connectivity index (χ1v) is 8.83. The lowest BCUT2D eigenvalue weighted by molar-refractivity contribution is 0.280. The first-order chi connectivity index (χ1) is 10.9. The van der Waals surface area contributed by atoms with Crippen LogP contribution in [0.4, 0.5) is 0 Å². The molecule has 0 aliphatic heterocycles. The van der Waals surface area contributed by atoms with Gasteiger partial charge in [-0.2, -0.15) is 0 Å². The average Bonchev–Trinajstić information content (AvgIpc) is 2.53. The molecule has 0 bridgehead atoms. The number of aliphatic hydroxyl groups is 1. The van der Waals surface area contributed by atoms with Crippen LogP contribution >= 0.6 is 11.6 Å². The smallest absolute Gasteiger partial charge is 0.0690 e. The average molecular weight is 331 g/mol. The van der Waals surface area contributed by atoms with E-state index < -0.39 is 0 Å². The summed E-state index contributed by atoms with van der Waals surface area (Å²) in [5.74, 6) is 0.841. The van der Waals surface area contributed by atoms with Crippen LogP contribution < -0.4 is 0 Å². The Balaban J connectivity index is 2.86. The molecule has 0 aromatic heterocycles.